The van der Waals surface area contributed by atoms with Gasteiger partial charge >= 0.3 is 5.97 Å². The predicted octanol–water partition coefficient (Wildman–Crippen LogP) is 3.27. The fourth-order valence-corrected chi connectivity index (χ4v) is 3.17. The van der Waals surface area contributed by atoms with Crippen molar-refractivity contribution >= 4 is 5.97 Å². The maximum absolute atomic E-state index is 11.5. The Kier molecular flexibility index (Phi) is 5.18. The number of nitrogens with one attached hydrogen (secondary N) is 1. The van der Waals surface area contributed by atoms with Gasteiger partial charge in [-0.05, 0) is 23.8 Å². The average molecular weight is 275 g/mol. The lowest BCUT2D eigenvalue weighted by Gasteiger charge is -2.35. The topological polar surface area (TPSA) is 49.3 Å². The second-order valence-corrected chi connectivity index (χ2v) is 6.08. The van der Waals surface area contributed by atoms with Crippen LogP contribution < -0.4 is 5.32 Å². The summed E-state index contributed by atoms with van der Waals surface area (Å²) >= 11 is 0. The highest BCUT2D eigenvalue weighted by Gasteiger charge is 2.28. The second-order valence-electron chi connectivity index (χ2n) is 6.08. The highest BCUT2D eigenvalue weighted by molar-refractivity contribution is 5.76. The molecule has 0 radical (unpaired) electrons. The van der Waals surface area contributed by atoms with Crippen molar-refractivity contribution in [2.45, 2.75) is 45.1 Å². The first kappa shape index (κ1) is 15.0. The van der Waals surface area contributed by atoms with E-state index in [4.69, 9.17) is 0 Å². The van der Waals surface area contributed by atoms with E-state index in [0.717, 1.165) is 17.9 Å². The van der Waals surface area contributed by atoms with Crippen LogP contribution in [0.3, 0.4) is 0 Å². The van der Waals surface area contributed by atoms with E-state index in [0.29, 0.717) is 18.5 Å². The summed E-state index contributed by atoms with van der Waals surface area (Å²) in [7, 11) is 0. The summed E-state index contributed by atoms with van der Waals surface area (Å²) in [6.07, 6.45) is 3.69. The molecule has 0 aromatic heterocycles. The molecule has 0 saturated heterocycles. The highest BCUT2D eigenvalue weighted by atomic mass is 16.4. The standard InChI is InChI=1S/C17H25NO2/c1-12-7-6-10-16(13(12)2)18-11-15(17(19)20)14-8-4-3-5-9-14/h3-5,8-9,12-13,15-16,18H,6-7,10-11H2,1-2H3,(H,19,20). The van der Waals surface area contributed by atoms with Crippen molar-refractivity contribution in [1.29, 1.82) is 0 Å². The molecule has 2 rings (SSSR count). The van der Waals surface area contributed by atoms with Crippen molar-refractivity contribution in [3.8, 4) is 0 Å². The number of carbonyl (C=O) groups is 1. The van der Waals surface area contributed by atoms with Gasteiger partial charge in [-0.3, -0.25) is 4.79 Å². The Labute approximate surface area is 121 Å². The maximum Gasteiger partial charge on any atom is 0.312 e. The number of carboxylic acid groups (broad SMARTS) is 1. The van der Waals surface area contributed by atoms with Crippen molar-refractivity contribution in [1.82, 2.24) is 5.32 Å². The Morgan fingerprint density at radius 3 is 2.65 bits per heavy atom. The molecule has 1 saturated carbocycles. The average Bonchev–Trinajstić information content (AvgIpc) is 2.44. The fourth-order valence-electron chi connectivity index (χ4n) is 3.17. The minimum absolute atomic E-state index is 0.448. The van der Waals surface area contributed by atoms with Crippen LogP contribution in [-0.2, 0) is 4.79 Å². The quantitative estimate of drug-likeness (QED) is 0.867. The van der Waals surface area contributed by atoms with Gasteiger partial charge in [0.2, 0.25) is 0 Å². The zero-order valence-electron chi connectivity index (χ0n) is 12.4. The molecule has 0 amide bonds. The van der Waals surface area contributed by atoms with Crippen molar-refractivity contribution in [3.05, 3.63) is 35.9 Å². The van der Waals surface area contributed by atoms with Gasteiger partial charge in [0.25, 0.3) is 0 Å². The molecule has 2 N–H and O–H groups in total. The fraction of sp³-hybridized carbons (Fsp3) is 0.588. The molecule has 110 valence electrons. The summed E-state index contributed by atoms with van der Waals surface area (Å²) in [4.78, 5) is 11.5. The predicted molar refractivity (Wildman–Crippen MR) is 80.8 cm³/mol. The van der Waals surface area contributed by atoms with Crippen molar-refractivity contribution in [2.24, 2.45) is 11.8 Å². The third-order valence-corrected chi connectivity index (χ3v) is 4.79. The van der Waals surface area contributed by atoms with Gasteiger partial charge in [0.15, 0.2) is 0 Å². The number of hydrogen-bond acceptors (Lipinski definition) is 2. The molecule has 0 aliphatic heterocycles. The summed E-state index contributed by atoms with van der Waals surface area (Å²) < 4.78 is 0. The van der Waals surface area contributed by atoms with Crippen LogP contribution in [0.1, 0.15) is 44.6 Å². The number of aliphatic carboxylic acids is 1. The van der Waals surface area contributed by atoms with Gasteiger partial charge in [-0.2, -0.15) is 0 Å². The first-order chi connectivity index (χ1) is 9.59. The zero-order chi connectivity index (χ0) is 14.5. The Morgan fingerprint density at radius 1 is 1.30 bits per heavy atom. The second kappa shape index (κ2) is 6.89. The molecule has 0 bridgehead atoms. The summed E-state index contributed by atoms with van der Waals surface area (Å²) in [6.45, 7) is 5.09. The van der Waals surface area contributed by atoms with Crippen LogP contribution in [0, 0.1) is 11.8 Å². The van der Waals surface area contributed by atoms with Crippen LogP contribution in [0.25, 0.3) is 0 Å². The molecule has 1 aliphatic rings. The van der Waals surface area contributed by atoms with Gasteiger partial charge in [0, 0.05) is 12.6 Å². The molecular formula is C17H25NO2. The van der Waals surface area contributed by atoms with Crippen molar-refractivity contribution in [2.75, 3.05) is 6.54 Å². The number of carboxylic acids is 1. The van der Waals surface area contributed by atoms with Crippen LogP contribution in [0.5, 0.6) is 0 Å². The molecular weight excluding hydrogens is 250 g/mol. The summed E-state index contributed by atoms with van der Waals surface area (Å²) in [5, 5.41) is 12.9. The van der Waals surface area contributed by atoms with Gasteiger partial charge in [-0.1, -0.05) is 57.0 Å². The molecule has 4 atom stereocenters. The normalized spacial score (nSPS) is 28.0. The minimum atomic E-state index is -0.750. The molecule has 4 unspecified atom stereocenters. The largest absolute Gasteiger partial charge is 0.481 e. The first-order valence-corrected chi connectivity index (χ1v) is 7.60. The number of benzene rings is 1. The Morgan fingerprint density at radius 2 is 2.00 bits per heavy atom. The smallest absolute Gasteiger partial charge is 0.312 e. The van der Waals surface area contributed by atoms with Crippen LogP contribution >= 0.6 is 0 Å². The molecule has 0 heterocycles. The van der Waals surface area contributed by atoms with Gasteiger partial charge in [0.1, 0.15) is 0 Å². The van der Waals surface area contributed by atoms with Crippen LogP contribution in [0.2, 0.25) is 0 Å². The first-order valence-electron chi connectivity index (χ1n) is 7.60. The molecule has 3 heteroatoms. The van der Waals surface area contributed by atoms with Gasteiger partial charge < -0.3 is 10.4 Å². The maximum atomic E-state index is 11.5. The molecule has 20 heavy (non-hydrogen) atoms. The van der Waals surface area contributed by atoms with E-state index in [-0.39, 0.29) is 0 Å². The summed E-state index contributed by atoms with van der Waals surface area (Å²) in [5.41, 5.74) is 0.879. The van der Waals surface area contributed by atoms with E-state index in [9.17, 15) is 9.90 Å². The Balaban J connectivity index is 1.98. The minimum Gasteiger partial charge on any atom is -0.481 e. The van der Waals surface area contributed by atoms with E-state index >= 15 is 0 Å². The van der Waals surface area contributed by atoms with Gasteiger partial charge in [-0.25, -0.2) is 0 Å². The van der Waals surface area contributed by atoms with Crippen LogP contribution in [0.4, 0.5) is 0 Å². The zero-order valence-corrected chi connectivity index (χ0v) is 12.4. The molecule has 1 aromatic carbocycles. The lowest BCUT2D eigenvalue weighted by molar-refractivity contribution is -0.138. The summed E-state index contributed by atoms with van der Waals surface area (Å²) in [6, 6.07) is 9.96. The molecule has 1 fully saturated rings. The van der Waals surface area contributed by atoms with Crippen molar-refractivity contribution < 1.29 is 9.90 Å². The van der Waals surface area contributed by atoms with E-state index in [1.165, 1.54) is 12.8 Å². The van der Waals surface area contributed by atoms with E-state index in [1.54, 1.807) is 0 Å². The van der Waals surface area contributed by atoms with Crippen molar-refractivity contribution in [3.63, 3.8) is 0 Å². The Hall–Kier alpha value is -1.35. The van der Waals surface area contributed by atoms with Crippen LogP contribution in [0.15, 0.2) is 30.3 Å². The Bertz CT molecular complexity index is 432. The molecule has 3 nitrogen and oxygen atoms in total. The van der Waals surface area contributed by atoms with E-state index in [2.05, 4.69) is 19.2 Å². The SMILES string of the molecule is CC1CCCC(NCC(C(=O)O)c2ccccc2)C1C. The monoisotopic (exact) mass is 275 g/mol. The van der Waals surface area contributed by atoms with Gasteiger partial charge in [0.05, 0.1) is 5.92 Å². The van der Waals surface area contributed by atoms with Crippen LogP contribution in [-0.4, -0.2) is 23.7 Å². The van der Waals surface area contributed by atoms with Gasteiger partial charge in [-0.15, -0.1) is 0 Å². The number of hydrogen-bond donors (Lipinski definition) is 2. The van der Waals surface area contributed by atoms with E-state index < -0.39 is 11.9 Å². The summed E-state index contributed by atoms with van der Waals surface area (Å²) in [5.74, 6) is 0.135. The lowest BCUT2D eigenvalue weighted by Crippen LogP contribution is -2.43. The number of rotatable bonds is 5. The molecule has 0 spiro atoms. The third kappa shape index (κ3) is 3.60. The van der Waals surface area contributed by atoms with E-state index in [1.807, 2.05) is 30.3 Å². The third-order valence-electron chi connectivity index (χ3n) is 4.79. The molecule has 1 aromatic rings. The highest BCUT2D eigenvalue weighted by Crippen LogP contribution is 2.29. The lowest BCUT2D eigenvalue weighted by atomic mass is 9.78. The molecule has 1 aliphatic carbocycles.